The Hall–Kier alpha value is -1.87. The first-order valence-corrected chi connectivity index (χ1v) is 7.24. The van der Waals surface area contributed by atoms with Crippen LogP contribution in [0.1, 0.15) is 27.7 Å². The van der Waals surface area contributed by atoms with E-state index in [1.807, 2.05) is 82.3 Å². The van der Waals surface area contributed by atoms with Crippen LogP contribution >= 0.6 is 0 Å². The maximum absolute atomic E-state index is 12.6. The van der Waals surface area contributed by atoms with Crippen molar-refractivity contribution in [3.63, 3.8) is 0 Å². The normalized spacial score (nSPS) is 26.6. The lowest BCUT2D eigenvalue weighted by Gasteiger charge is -2.57. The standard InChI is InChI=1S/C18H23NO2/c1-5-6-8-13-15-18(21,17(2,3)4)16(20)19(15)14-11-9-7-10-12-14/h5-13,15,21H,1-4H3/b6-5+,13-8+. The van der Waals surface area contributed by atoms with E-state index in [0.29, 0.717) is 0 Å². The predicted molar refractivity (Wildman–Crippen MR) is 86.1 cm³/mol. The van der Waals surface area contributed by atoms with Crippen LogP contribution in [-0.4, -0.2) is 22.7 Å². The Balaban J connectivity index is 2.41. The molecule has 0 bridgehead atoms. The van der Waals surface area contributed by atoms with Crippen molar-refractivity contribution in [2.75, 3.05) is 4.90 Å². The first-order valence-electron chi connectivity index (χ1n) is 7.24. The van der Waals surface area contributed by atoms with E-state index in [4.69, 9.17) is 0 Å². The molecule has 2 rings (SSSR count). The fraction of sp³-hybridized carbons (Fsp3) is 0.389. The molecule has 1 fully saturated rings. The molecule has 1 N–H and O–H groups in total. The maximum Gasteiger partial charge on any atom is 0.262 e. The third kappa shape index (κ3) is 2.42. The molecule has 0 radical (unpaired) electrons. The first kappa shape index (κ1) is 15.5. The largest absolute Gasteiger partial charge is 0.377 e. The quantitative estimate of drug-likeness (QED) is 0.683. The molecular formula is C18H23NO2. The van der Waals surface area contributed by atoms with Crippen molar-refractivity contribution in [1.29, 1.82) is 0 Å². The molecule has 1 heterocycles. The minimum Gasteiger partial charge on any atom is -0.377 e. The molecule has 2 unspecified atom stereocenters. The average molecular weight is 285 g/mol. The highest BCUT2D eigenvalue weighted by atomic mass is 16.3. The van der Waals surface area contributed by atoms with Crippen molar-refractivity contribution in [3.8, 4) is 0 Å². The highest BCUT2D eigenvalue weighted by Crippen LogP contribution is 2.46. The zero-order chi connectivity index (χ0) is 15.7. The number of hydrogen-bond acceptors (Lipinski definition) is 2. The summed E-state index contributed by atoms with van der Waals surface area (Å²) in [5.41, 5.74) is -1.09. The fourth-order valence-electron chi connectivity index (χ4n) is 2.69. The van der Waals surface area contributed by atoms with Crippen LogP contribution in [0.5, 0.6) is 0 Å². The number of carbonyl (C=O) groups excluding carboxylic acids is 1. The van der Waals surface area contributed by atoms with E-state index in [1.54, 1.807) is 4.90 Å². The molecule has 0 aromatic heterocycles. The topological polar surface area (TPSA) is 40.5 Å². The molecule has 0 aliphatic carbocycles. The average Bonchev–Trinajstić information content (AvgIpc) is 2.45. The van der Waals surface area contributed by atoms with Crippen molar-refractivity contribution in [1.82, 2.24) is 0 Å². The third-order valence-electron chi connectivity index (χ3n) is 4.03. The molecular weight excluding hydrogens is 262 g/mol. The van der Waals surface area contributed by atoms with Crippen LogP contribution in [0, 0.1) is 5.41 Å². The molecule has 1 saturated heterocycles. The van der Waals surface area contributed by atoms with Crippen LogP contribution in [0.4, 0.5) is 5.69 Å². The molecule has 1 aliphatic heterocycles. The smallest absolute Gasteiger partial charge is 0.262 e. The van der Waals surface area contributed by atoms with Crippen LogP contribution in [-0.2, 0) is 4.79 Å². The summed E-state index contributed by atoms with van der Waals surface area (Å²) in [6, 6.07) is 9.11. The number of amides is 1. The van der Waals surface area contributed by atoms with Gasteiger partial charge in [0.15, 0.2) is 5.60 Å². The number of anilines is 1. The molecule has 1 aromatic carbocycles. The molecule has 1 aromatic rings. The number of para-hydroxylation sites is 1. The van der Waals surface area contributed by atoms with Gasteiger partial charge in [0.2, 0.25) is 0 Å². The first-order chi connectivity index (χ1) is 9.84. The fourth-order valence-corrected chi connectivity index (χ4v) is 2.69. The SMILES string of the molecule is C/C=C/C=C/C1N(c2ccccc2)C(=O)C1(O)C(C)(C)C. The number of carbonyl (C=O) groups is 1. The lowest BCUT2D eigenvalue weighted by atomic mass is 9.65. The van der Waals surface area contributed by atoms with Gasteiger partial charge >= 0.3 is 0 Å². The minimum atomic E-state index is -1.37. The summed E-state index contributed by atoms with van der Waals surface area (Å²) in [6.45, 7) is 7.61. The van der Waals surface area contributed by atoms with Crippen LogP contribution in [0.2, 0.25) is 0 Å². The number of rotatable bonds is 3. The zero-order valence-electron chi connectivity index (χ0n) is 13.1. The summed E-state index contributed by atoms with van der Waals surface area (Å²) in [6.07, 6.45) is 7.58. The van der Waals surface area contributed by atoms with Gasteiger partial charge in [-0.3, -0.25) is 9.69 Å². The Morgan fingerprint density at radius 1 is 1.19 bits per heavy atom. The number of β-lactam (4-membered cyclic amide) rings is 1. The number of benzene rings is 1. The van der Waals surface area contributed by atoms with E-state index in [1.165, 1.54) is 0 Å². The van der Waals surface area contributed by atoms with Crippen LogP contribution < -0.4 is 4.90 Å². The summed E-state index contributed by atoms with van der Waals surface area (Å²) >= 11 is 0. The predicted octanol–water partition coefficient (Wildman–Crippen LogP) is 3.31. The Bertz CT molecular complexity index is 569. The summed E-state index contributed by atoms with van der Waals surface area (Å²) in [7, 11) is 0. The number of nitrogens with zero attached hydrogens (tertiary/aromatic N) is 1. The number of allylic oxidation sites excluding steroid dienone is 3. The van der Waals surface area contributed by atoms with Gasteiger partial charge in [0.25, 0.3) is 5.91 Å². The molecule has 112 valence electrons. The zero-order valence-corrected chi connectivity index (χ0v) is 13.1. The van der Waals surface area contributed by atoms with Gasteiger partial charge in [0, 0.05) is 11.1 Å². The van der Waals surface area contributed by atoms with Gasteiger partial charge in [0.1, 0.15) is 0 Å². The summed E-state index contributed by atoms with van der Waals surface area (Å²) in [5.74, 6) is -0.240. The molecule has 2 atom stereocenters. The third-order valence-corrected chi connectivity index (χ3v) is 4.03. The van der Waals surface area contributed by atoms with Crippen molar-refractivity contribution < 1.29 is 9.90 Å². The molecule has 1 aliphatic rings. The van der Waals surface area contributed by atoms with Crippen LogP contribution in [0.3, 0.4) is 0 Å². The molecule has 21 heavy (non-hydrogen) atoms. The summed E-state index contributed by atoms with van der Waals surface area (Å²) < 4.78 is 0. The number of aliphatic hydroxyl groups is 1. The van der Waals surface area contributed by atoms with Gasteiger partial charge in [-0.25, -0.2) is 0 Å². The van der Waals surface area contributed by atoms with Gasteiger partial charge in [-0.2, -0.15) is 0 Å². The van der Waals surface area contributed by atoms with Gasteiger partial charge in [-0.15, -0.1) is 0 Å². The van der Waals surface area contributed by atoms with Crippen LogP contribution in [0.25, 0.3) is 0 Å². The second-order valence-corrected chi connectivity index (χ2v) is 6.38. The minimum absolute atomic E-state index is 0.240. The van der Waals surface area contributed by atoms with E-state index in [2.05, 4.69) is 0 Å². The Kier molecular flexibility index (Phi) is 4.06. The Morgan fingerprint density at radius 3 is 2.33 bits per heavy atom. The van der Waals surface area contributed by atoms with E-state index in [-0.39, 0.29) is 11.9 Å². The van der Waals surface area contributed by atoms with Crippen molar-refractivity contribution in [2.24, 2.45) is 5.41 Å². The molecule has 3 nitrogen and oxygen atoms in total. The van der Waals surface area contributed by atoms with E-state index < -0.39 is 11.0 Å². The van der Waals surface area contributed by atoms with Gasteiger partial charge in [-0.1, -0.05) is 63.3 Å². The highest BCUT2D eigenvalue weighted by molar-refractivity contribution is 6.09. The molecule has 0 spiro atoms. The second-order valence-electron chi connectivity index (χ2n) is 6.38. The summed E-state index contributed by atoms with van der Waals surface area (Å²) in [5, 5.41) is 10.9. The van der Waals surface area contributed by atoms with Crippen molar-refractivity contribution in [3.05, 3.63) is 54.6 Å². The highest BCUT2D eigenvalue weighted by Gasteiger charge is 2.65. The maximum atomic E-state index is 12.6. The van der Waals surface area contributed by atoms with Gasteiger partial charge in [0.05, 0.1) is 6.04 Å². The summed E-state index contributed by atoms with van der Waals surface area (Å²) in [4.78, 5) is 14.3. The van der Waals surface area contributed by atoms with E-state index in [0.717, 1.165) is 5.69 Å². The van der Waals surface area contributed by atoms with Crippen molar-refractivity contribution >= 4 is 11.6 Å². The van der Waals surface area contributed by atoms with Crippen LogP contribution in [0.15, 0.2) is 54.6 Å². The molecule has 0 saturated carbocycles. The van der Waals surface area contributed by atoms with Crippen molar-refractivity contribution in [2.45, 2.75) is 39.3 Å². The Morgan fingerprint density at radius 2 is 1.81 bits per heavy atom. The van der Waals surface area contributed by atoms with Gasteiger partial charge in [-0.05, 0) is 19.1 Å². The lowest BCUT2D eigenvalue weighted by Crippen LogP contribution is -2.78. The van der Waals surface area contributed by atoms with Gasteiger partial charge < -0.3 is 5.11 Å². The van der Waals surface area contributed by atoms with E-state index >= 15 is 0 Å². The van der Waals surface area contributed by atoms with E-state index in [9.17, 15) is 9.90 Å². The second kappa shape index (κ2) is 5.49. The molecule has 3 heteroatoms. The monoisotopic (exact) mass is 285 g/mol. The Labute approximate surface area is 126 Å². The lowest BCUT2D eigenvalue weighted by molar-refractivity contribution is -0.167. The molecule has 1 amide bonds. The number of hydrogen-bond donors (Lipinski definition) is 1.